The van der Waals surface area contributed by atoms with Crippen molar-refractivity contribution in [2.75, 3.05) is 19.8 Å². The van der Waals surface area contributed by atoms with Gasteiger partial charge < -0.3 is 14.8 Å². The zero-order valence-electron chi connectivity index (χ0n) is 16.3. The highest BCUT2D eigenvalue weighted by molar-refractivity contribution is 7.89. The molecule has 1 atom stereocenters. The summed E-state index contributed by atoms with van der Waals surface area (Å²) in [5, 5.41) is 2.70. The number of rotatable bonds is 10. The SMILES string of the molecule is CCOc1ccc(S(=O)(=O)NCC(=O)OCC(=O)N[C@@H](C)c2ccccc2)cc1. The third-order valence-electron chi connectivity index (χ3n) is 3.89. The molecule has 2 aromatic carbocycles. The van der Waals surface area contributed by atoms with Crippen LogP contribution in [0.2, 0.25) is 0 Å². The number of ether oxygens (including phenoxy) is 2. The van der Waals surface area contributed by atoms with E-state index in [4.69, 9.17) is 9.47 Å². The number of carbonyl (C=O) groups is 2. The van der Waals surface area contributed by atoms with Crippen LogP contribution < -0.4 is 14.8 Å². The standard InChI is InChI=1S/C20H24N2O6S/c1-3-27-17-9-11-18(12-10-17)29(25,26)21-13-20(24)28-14-19(23)22-15(2)16-7-5-4-6-8-16/h4-12,15,21H,3,13-14H2,1-2H3,(H,22,23)/t15-/m0/s1. The molecule has 0 bridgehead atoms. The van der Waals surface area contributed by atoms with E-state index in [0.717, 1.165) is 5.56 Å². The molecule has 2 aromatic rings. The molecule has 29 heavy (non-hydrogen) atoms. The van der Waals surface area contributed by atoms with Crippen molar-refractivity contribution in [2.24, 2.45) is 0 Å². The Morgan fingerprint density at radius 1 is 1.03 bits per heavy atom. The molecule has 1 amide bonds. The minimum absolute atomic E-state index is 0.0109. The Balaban J connectivity index is 1.77. The lowest BCUT2D eigenvalue weighted by molar-refractivity contribution is -0.147. The van der Waals surface area contributed by atoms with Crippen LogP contribution >= 0.6 is 0 Å². The molecule has 0 saturated carbocycles. The Labute approximate surface area is 170 Å². The van der Waals surface area contributed by atoms with Gasteiger partial charge in [0, 0.05) is 0 Å². The molecule has 0 aliphatic rings. The minimum Gasteiger partial charge on any atom is -0.494 e. The highest BCUT2D eigenvalue weighted by Gasteiger charge is 2.17. The molecule has 0 aromatic heterocycles. The molecule has 9 heteroatoms. The zero-order valence-corrected chi connectivity index (χ0v) is 17.1. The van der Waals surface area contributed by atoms with Gasteiger partial charge in [0.05, 0.1) is 17.5 Å². The lowest BCUT2D eigenvalue weighted by Crippen LogP contribution is -2.34. The predicted molar refractivity (Wildman–Crippen MR) is 107 cm³/mol. The van der Waals surface area contributed by atoms with Gasteiger partial charge >= 0.3 is 5.97 Å². The predicted octanol–water partition coefficient (Wildman–Crippen LogP) is 1.78. The molecule has 0 unspecified atom stereocenters. The maximum Gasteiger partial charge on any atom is 0.321 e. The van der Waals surface area contributed by atoms with Crippen LogP contribution in [0.3, 0.4) is 0 Å². The molecule has 8 nitrogen and oxygen atoms in total. The summed E-state index contributed by atoms with van der Waals surface area (Å²) in [6.45, 7) is 3.01. The lowest BCUT2D eigenvalue weighted by atomic mass is 10.1. The molecule has 0 spiro atoms. The molecule has 0 aliphatic carbocycles. The Morgan fingerprint density at radius 3 is 2.31 bits per heavy atom. The Hall–Kier alpha value is -2.91. The van der Waals surface area contributed by atoms with Crippen LogP contribution in [-0.2, 0) is 24.3 Å². The number of amides is 1. The number of benzene rings is 2. The molecule has 0 radical (unpaired) electrons. The summed E-state index contributed by atoms with van der Waals surface area (Å²) in [4.78, 5) is 23.7. The Morgan fingerprint density at radius 2 is 1.69 bits per heavy atom. The van der Waals surface area contributed by atoms with Crippen molar-refractivity contribution in [3.8, 4) is 5.75 Å². The third kappa shape index (κ3) is 7.20. The highest BCUT2D eigenvalue weighted by Crippen LogP contribution is 2.15. The molecule has 156 valence electrons. The number of esters is 1. The first-order valence-corrected chi connectivity index (χ1v) is 10.5. The van der Waals surface area contributed by atoms with E-state index in [0.29, 0.717) is 12.4 Å². The van der Waals surface area contributed by atoms with Gasteiger partial charge in [-0.3, -0.25) is 9.59 Å². The van der Waals surface area contributed by atoms with E-state index in [1.165, 1.54) is 24.3 Å². The van der Waals surface area contributed by atoms with Crippen LogP contribution in [0.15, 0.2) is 59.5 Å². The largest absolute Gasteiger partial charge is 0.494 e. The van der Waals surface area contributed by atoms with Gasteiger partial charge in [-0.25, -0.2) is 8.42 Å². The number of hydrogen-bond acceptors (Lipinski definition) is 6. The fourth-order valence-corrected chi connectivity index (χ4v) is 3.39. The molecule has 0 heterocycles. The van der Waals surface area contributed by atoms with Crippen molar-refractivity contribution >= 4 is 21.9 Å². The second-order valence-corrected chi connectivity index (χ2v) is 7.86. The average Bonchev–Trinajstić information content (AvgIpc) is 2.72. The molecule has 0 saturated heterocycles. The van der Waals surface area contributed by atoms with E-state index in [1.807, 2.05) is 37.3 Å². The molecule has 2 N–H and O–H groups in total. The van der Waals surface area contributed by atoms with Crippen molar-refractivity contribution < 1.29 is 27.5 Å². The summed E-state index contributed by atoms with van der Waals surface area (Å²) < 4.78 is 36.6. The van der Waals surface area contributed by atoms with E-state index in [-0.39, 0.29) is 10.9 Å². The van der Waals surface area contributed by atoms with Crippen LogP contribution in [0.1, 0.15) is 25.5 Å². The van der Waals surface area contributed by atoms with Crippen molar-refractivity contribution in [3.05, 3.63) is 60.2 Å². The van der Waals surface area contributed by atoms with Gasteiger partial charge in [0.15, 0.2) is 6.61 Å². The summed E-state index contributed by atoms with van der Waals surface area (Å²) in [5.74, 6) is -0.798. The topological polar surface area (TPSA) is 111 Å². The number of nitrogens with one attached hydrogen (secondary N) is 2. The van der Waals surface area contributed by atoms with E-state index in [2.05, 4.69) is 10.0 Å². The second-order valence-electron chi connectivity index (χ2n) is 6.09. The summed E-state index contributed by atoms with van der Waals surface area (Å²) in [7, 11) is -3.89. The average molecular weight is 420 g/mol. The quantitative estimate of drug-likeness (QED) is 0.567. The maximum absolute atomic E-state index is 12.2. The first kappa shape index (κ1) is 22.4. The Kier molecular flexibility index (Phi) is 8.17. The fourth-order valence-electron chi connectivity index (χ4n) is 2.42. The maximum atomic E-state index is 12.2. The minimum atomic E-state index is -3.89. The van der Waals surface area contributed by atoms with Crippen molar-refractivity contribution in [1.29, 1.82) is 0 Å². The summed E-state index contributed by atoms with van der Waals surface area (Å²) in [5.41, 5.74) is 0.912. The zero-order chi connectivity index (χ0) is 21.3. The molecule has 2 rings (SSSR count). The first-order chi connectivity index (χ1) is 13.8. The van der Waals surface area contributed by atoms with Crippen molar-refractivity contribution in [2.45, 2.75) is 24.8 Å². The summed E-state index contributed by atoms with van der Waals surface area (Å²) >= 11 is 0. The van der Waals surface area contributed by atoms with Gasteiger partial charge in [-0.15, -0.1) is 0 Å². The van der Waals surface area contributed by atoms with Crippen LogP contribution in [0.25, 0.3) is 0 Å². The third-order valence-corrected chi connectivity index (χ3v) is 5.31. The first-order valence-electron chi connectivity index (χ1n) is 9.04. The smallest absolute Gasteiger partial charge is 0.321 e. The van der Waals surface area contributed by atoms with E-state index < -0.39 is 35.1 Å². The molecular weight excluding hydrogens is 396 g/mol. The number of sulfonamides is 1. The lowest BCUT2D eigenvalue weighted by Gasteiger charge is -2.14. The summed E-state index contributed by atoms with van der Waals surface area (Å²) in [6, 6.07) is 14.9. The van der Waals surface area contributed by atoms with Crippen molar-refractivity contribution in [1.82, 2.24) is 10.0 Å². The molecular formula is C20H24N2O6S. The van der Waals surface area contributed by atoms with Gasteiger partial charge in [0.1, 0.15) is 12.3 Å². The van der Waals surface area contributed by atoms with Gasteiger partial charge in [-0.2, -0.15) is 4.72 Å². The van der Waals surface area contributed by atoms with Crippen LogP contribution in [-0.4, -0.2) is 40.1 Å². The molecule has 0 aliphatic heterocycles. The van der Waals surface area contributed by atoms with Crippen LogP contribution in [0.5, 0.6) is 5.75 Å². The highest BCUT2D eigenvalue weighted by atomic mass is 32.2. The van der Waals surface area contributed by atoms with E-state index in [9.17, 15) is 18.0 Å². The Bertz CT molecular complexity index is 914. The number of hydrogen-bond donors (Lipinski definition) is 2. The van der Waals surface area contributed by atoms with Gasteiger partial charge in [-0.1, -0.05) is 30.3 Å². The van der Waals surface area contributed by atoms with Gasteiger partial charge in [-0.05, 0) is 43.7 Å². The normalized spacial score (nSPS) is 12.1. The van der Waals surface area contributed by atoms with Gasteiger partial charge in [0.25, 0.3) is 5.91 Å². The van der Waals surface area contributed by atoms with Crippen LogP contribution in [0.4, 0.5) is 0 Å². The number of carbonyl (C=O) groups excluding carboxylic acids is 2. The fraction of sp³-hybridized carbons (Fsp3) is 0.300. The summed E-state index contributed by atoms with van der Waals surface area (Å²) in [6.07, 6.45) is 0. The van der Waals surface area contributed by atoms with Gasteiger partial charge in [0.2, 0.25) is 10.0 Å². The van der Waals surface area contributed by atoms with E-state index >= 15 is 0 Å². The van der Waals surface area contributed by atoms with E-state index in [1.54, 1.807) is 6.92 Å². The second kappa shape index (κ2) is 10.6. The van der Waals surface area contributed by atoms with Crippen molar-refractivity contribution in [3.63, 3.8) is 0 Å². The monoisotopic (exact) mass is 420 g/mol. The molecule has 0 fully saturated rings. The van der Waals surface area contributed by atoms with Crippen LogP contribution in [0, 0.1) is 0 Å².